The fourth-order valence-corrected chi connectivity index (χ4v) is 2.06. The van der Waals surface area contributed by atoms with Gasteiger partial charge in [-0.05, 0) is 34.1 Å². The van der Waals surface area contributed by atoms with Gasteiger partial charge in [0.2, 0.25) is 0 Å². The summed E-state index contributed by atoms with van der Waals surface area (Å²) in [6.45, 7) is 0. The molecule has 0 aliphatic rings. The first-order chi connectivity index (χ1) is 9.51. The number of pyridine rings is 1. The van der Waals surface area contributed by atoms with Crippen LogP contribution in [0.2, 0.25) is 5.15 Å². The Balaban J connectivity index is 2.30. The summed E-state index contributed by atoms with van der Waals surface area (Å²) in [6, 6.07) is 6.66. The second-order valence-electron chi connectivity index (χ2n) is 3.89. The molecule has 104 valence electrons. The van der Waals surface area contributed by atoms with Crippen LogP contribution in [0.4, 0.5) is 11.4 Å². The van der Waals surface area contributed by atoms with E-state index in [1.165, 1.54) is 12.3 Å². The zero-order valence-corrected chi connectivity index (χ0v) is 12.8. The Bertz CT molecular complexity index is 664. The number of nitrogens with zero attached hydrogens (tertiary/aromatic N) is 1. The third-order valence-corrected chi connectivity index (χ3v) is 3.47. The molecule has 0 unspecified atom stereocenters. The molecular formula is C13H11BrClN3O2. The summed E-state index contributed by atoms with van der Waals surface area (Å²) in [5, 5.41) is 2.94. The lowest BCUT2D eigenvalue weighted by Crippen LogP contribution is -2.14. The molecule has 3 N–H and O–H groups in total. The number of nitrogen functional groups attached to an aromatic ring is 1. The van der Waals surface area contributed by atoms with E-state index in [2.05, 4.69) is 26.2 Å². The highest BCUT2D eigenvalue weighted by Crippen LogP contribution is 2.28. The Morgan fingerprint density at radius 3 is 2.90 bits per heavy atom. The lowest BCUT2D eigenvalue weighted by molar-refractivity contribution is 0.102. The highest BCUT2D eigenvalue weighted by molar-refractivity contribution is 9.10. The van der Waals surface area contributed by atoms with Crippen molar-refractivity contribution in [3.8, 4) is 5.75 Å². The van der Waals surface area contributed by atoms with Crippen molar-refractivity contribution in [2.45, 2.75) is 0 Å². The molecule has 1 aromatic heterocycles. The van der Waals surface area contributed by atoms with Gasteiger partial charge >= 0.3 is 0 Å². The Morgan fingerprint density at radius 1 is 1.45 bits per heavy atom. The van der Waals surface area contributed by atoms with Gasteiger partial charge in [0.15, 0.2) is 0 Å². The van der Waals surface area contributed by atoms with Gasteiger partial charge in [-0.15, -0.1) is 0 Å². The van der Waals surface area contributed by atoms with Gasteiger partial charge < -0.3 is 15.8 Å². The van der Waals surface area contributed by atoms with Crippen molar-refractivity contribution >= 4 is 44.8 Å². The predicted molar refractivity (Wildman–Crippen MR) is 82.3 cm³/mol. The van der Waals surface area contributed by atoms with Crippen molar-refractivity contribution < 1.29 is 9.53 Å². The summed E-state index contributed by atoms with van der Waals surface area (Å²) in [7, 11) is 1.55. The molecule has 0 aliphatic carbocycles. The number of aromatic nitrogens is 1. The van der Waals surface area contributed by atoms with Crippen LogP contribution in [-0.2, 0) is 0 Å². The van der Waals surface area contributed by atoms with Gasteiger partial charge in [-0.25, -0.2) is 4.98 Å². The number of methoxy groups -OCH3 is 1. The second kappa shape index (κ2) is 6.11. The van der Waals surface area contributed by atoms with E-state index in [4.69, 9.17) is 22.1 Å². The summed E-state index contributed by atoms with van der Waals surface area (Å²) in [4.78, 5) is 16.0. The van der Waals surface area contributed by atoms with E-state index in [0.29, 0.717) is 11.4 Å². The van der Waals surface area contributed by atoms with Crippen LogP contribution in [0.5, 0.6) is 5.75 Å². The SMILES string of the molecule is COc1ccc(Br)c(NC(=O)c2cc(Cl)ncc2N)c1. The number of amides is 1. The molecule has 2 rings (SSSR count). The molecular weight excluding hydrogens is 346 g/mol. The fraction of sp³-hybridized carbons (Fsp3) is 0.0769. The lowest BCUT2D eigenvalue weighted by atomic mass is 10.2. The van der Waals surface area contributed by atoms with Crippen molar-refractivity contribution in [3.05, 3.63) is 45.7 Å². The van der Waals surface area contributed by atoms with Crippen LogP contribution in [0.1, 0.15) is 10.4 Å². The Hall–Kier alpha value is -1.79. The molecule has 0 spiro atoms. The van der Waals surface area contributed by atoms with Crippen LogP contribution >= 0.6 is 27.5 Å². The molecule has 2 aromatic rings. The van der Waals surface area contributed by atoms with Crippen molar-refractivity contribution in [2.24, 2.45) is 0 Å². The maximum absolute atomic E-state index is 12.2. The quantitative estimate of drug-likeness (QED) is 0.827. The molecule has 0 atom stereocenters. The number of hydrogen-bond donors (Lipinski definition) is 2. The molecule has 0 saturated carbocycles. The van der Waals surface area contributed by atoms with Crippen molar-refractivity contribution in [3.63, 3.8) is 0 Å². The van der Waals surface area contributed by atoms with Gasteiger partial charge in [-0.3, -0.25) is 4.79 Å². The van der Waals surface area contributed by atoms with E-state index in [1.807, 2.05) is 0 Å². The molecule has 0 bridgehead atoms. The van der Waals surface area contributed by atoms with E-state index < -0.39 is 0 Å². The predicted octanol–water partition coefficient (Wildman–Crippen LogP) is 3.34. The molecule has 5 nitrogen and oxygen atoms in total. The number of rotatable bonds is 3. The third-order valence-electron chi connectivity index (χ3n) is 2.57. The van der Waals surface area contributed by atoms with Crippen LogP contribution in [0.15, 0.2) is 34.9 Å². The number of nitrogens with two attached hydrogens (primary N) is 1. The summed E-state index contributed by atoms with van der Waals surface area (Å²) in [5.41, 5.74) is 6.81. The monoisotopic (exact) mass is 355 g/mol. The number of halogens is 2. The Labute approximate surface area is 129 Å². The number of ether oxygens (including phenoxy) is 1. The van der Waals surface area contributed by atoms with Gasteiger partial charge in [0, 0.05) is 10.5 Å². The van der Waals surface area contributed by atoms with E-state index in [1.54, 1.807) is 25.3 Å². The average Bonchev–Trinajstić information content (AvgIpc) is 2.43. The zero-order chi connectivity index (χ0) is 14.7. The van der Waals surface area contributed by atoms with Gasteiger partial charge in [0.25, 0.3) is 5.91 Å². The van der Waals surface area contributed by atoms with Gasteiger partial charge in [-0.1, -0.05) is 11.6 Å². The molecule has 1 aromatic carbocycles. The minimum absolute atomic E-state index is 0.203. The van der Waals surface area contributed by atoms with Crippen LogP contribution < -0.4 is 15.8 Å². The number of nitrogens with one attached hydrogen (secondary N) is 1. The van der Waals surface area contributed by atoms with Gasteiger partial charge in [-0.2, -0.15) is 0 Å². The standard InChI is InChI=1S/C13H11BrClN3O2/c1-20-7-2-3-9(14)11(4-7)18-13(19)8-5-12(15)17-6-10(8)16/h2-6H,16H2,1H3,(H,18,19). The first-order valence-electron chi connectivity index (χ1n) is 5.57. The smallest absolute Gasteiger partial charge is 0.257 e. The van der Waals surface area contributed by atoms with E-state index in [-0.39, 0.29) is 22.3 Å². The number of benzene rings is 1. The van der Waals surface area contributed by atoms with Crippen LogP contribution in [-0.4, -0.2) is 18.0 Å². The first kappa shape index (κ1) is 14.6. The normalized spacial score (nSPS) is 10.2. The van der Waals surface area contributed by atoms with E-state index >= 15 is 0 Å². The fourth-order valence-electron chi connectivity index (χ4n) is 1.55. The van der Waals surface area contributed by atoms with Crippen molar-refractivity contribution in [1.82, 2.24) is 4.98 Å². The highest BCUT2D eigenvalue weighted by Gasteiger charge is 2.13. The minimum atomic E-state index is -0.374. The summed E-state index contributed by atoms with van der Waals surface area (Å²) in [5.74, 6) is 0.255. The van der Waals surface area contributed by atoms with Crippen LogP contribution in [0.3, 0.4) is 0 Å². The molecule has 1 heterocycles. The first-order valence-corrected chi connectivity index (χ1v) is 6.74. The maximum Gasteiger partial charge on any atom is 0.257 e. The molecule has 0 aliphatic heterocycles. The van der Waals surface area contributed by atoms with Crippen molar-refractivity contribution in [2.75, 3.05) is 18.2 Å². The zero-order valence-electron chi connectivity index (χ0n) is 10.5. The number of carbonyl (C=O) groups excluding carboxylic acids is 1. The summed E-state index contributed by atoms with van der Waals surface area (Å²) >= 11 is 9.12. The lowest BCUT2D eigenvalue weighted by Gasteiger charge is -2.10. The number of hydrogen-bond acceptors (Lipinski definition) is 4. The second-order valence-corrected chi connectivity index (χ2v) is 5.14. The topological polar surface area (TPSA) is 77.2 Å². The highest BCUT2D eigenvalue weighted by atomic mass is 79.9. The van der Waals surface area contributed by atoms with E-state index in [9.17, 15) is 4.79 Å². The third kappa shape index (κ3) is 3.20. The molecule has 7 heteroatoms. The van der Waals surface area contributed by atoms with Crippen LogP contribution in [0.25, 0.3) is 0 Å². The number of anilines is 2. The summed E-state index contributed by atoms with van der Waals surface area (Å²) in [6.07, 6.45) is 1.35. The largest absolute Gasteiger partial charge is 0.497 e. The average molecular weight is 357 g/mol. The van der Waals surface area contributed by atoms with Crippen LogP contribution in [0, 0.1) is 0 Å². The molecule has 0 radical (unpaired) electrons. The molecule has 1 amide bonds. The summed E-state index contributed by atoms with van der Waals surface area (Å²) < 4.78 is 5.84. The minimum Gasteiger partial charge on any atom is -0.497 e. The Kier molecular flexibility index (Phi) is 4.46. The molecule has 20 heavy (non-hydrogen) atoms. The maximum atomic E-state index is 12.2. The van der Waals surface area contributed by atoms with Gasteiger partial charge in [0.1, 0.15) is 10.9 Å². The molecule has 0 fully saturated rings. The van der Waals surface area contributed by atoms with Crippen molar-refractivity contribution in [1.29, 1.82) is 0 Å². The molecule has 0 saturated heterocycles. The number of carbonyl (C=O) groups is 1. The Morgan fingerprint density at radius 2 is 2.20 bits per heavy atom. The van der Waals surface area contributed by atoms with E-state index in [0.717, 1.165) is 4.47 Å². The van der Waals surface area contributed by atoms with Gasteiger partial charge in [0.05, 0.1) is 30.2 Å².